The molecule has 0 saturated heterocycles. The van der Waals surface area contributed by atoms with E-state index in [1.165, 1.54) is 6.33 Å². The van der Waals surface area contributed by atoms with Gasteiger partial charge < -0.3 is 10.3 Å². The van der Waals surface area contributed by atoms with E-state index in [4.69, 9.17) is 5.73 Å². The maximum Gasteiger partial charge on any atom is 0.145 e. The molecule has 2 heterocycles. The Bertz CT molecular complexity index is 665. The second-order valence-electron chi connectivity index (χ2n) is 3.82. The number of aryl methyl sites for hydroxylation is 1. The predicted molar refractivity (Wildman–Crippen MR) is 63.5 cm³/mol. The van der Waals surface area contributed by atoms with Gasteiger partial charge >= 0.3 is 0 Å². The zero-order valence-corrected chi connectivity index (χ0v) is 9.41. The van der Waals surface area contributed by atoms with E-state index in [2.05, 4.69) is 15.1 Å². The first kappa shape index (κ1) is 9.98. The van der Waals surface area contributed by atoms with Crippen molar-refractivity contribution >= 4 is 11.0 Å². The van der Waals surface area contributed by atoms with E-state index in [0.717, 1.165) is 22.5 Å². The van der Waals surface area contributed by atoms with Gasteiger partial charge in [0.05, 0.1) is 29.6 Å². The third kappa shape index (κ3) is 1.50. The molecule has 6 nitrogen and oxygen atoms in total. The highest BCUT2D eigenvalue weighted by Gasteiger charge is 2.07. The van der Waals surface area contributed by atoms with Gasteiger partial charge in [0, 0.05) is 7.05 Å². The Morgan fingerprint density at radius 2 is 2.18 bits per heavy atom. The van der Waals surface area contributed by atoms with E-state index in [1.807, 2.05) is 29.8 Å². The van der Waals surface area contributed by atoms with Crippen molar-refractivity contribution in [2.24, 2.45) is 12.8 Å². The quantitative estimate of drug-likeness (QED) is 0.697. The summed E-state index contributed by atoms with van der Waals surface area (Å²) in [5, 5.41) is 4.16. The van der Waals surface area contributed by atoms with Crippen molar-refractivity contribution in [3.05, 3.63) is 36.7 Å². The van der Waals surface area contributed by atoms with Gasteiger partial charge in [-0.25, -0.2) is 14.6 Å². The SMILES string of the molecule is Cn1cnc2cc(-n3ncnc3CN)ccc21. The molecule has 1 aromatic carbocycles. The van der Waals surface area contributed by atoms with Crippen LogP contribution in [-0.2, 0) is 13.6 Å². The Labute approximate surface area is 97.7 Å². The molecule has 0 spiro atoms. The molecule has 2 aromatic heterocycles. The number of nitrogens with two attached hydrogens (primary N) is 1. The summed E-state index contributed by atoms with van der Waals surface area (Å²) in [6.07, 6.45) is 3.30. The number of hydrogen-bond donors (Lipinski definition) is 1. The number of hydrogen-bond acceptors (Lipinski definition) is 4. The van der Waals surface area contributed by atoms with E-state index in [0.29, 0.717) is 6.54 Å². The summed E-state index contributed by atoms with van der Waals surface area (Å²) in [7, 11) is 1.97. The first-order valence-corrected chi connectivity index (χ1v) is 5.30. The number of fused-ring (bicyclic) bond motifs is 1. The van der Waals surface area contributed by atoms with E-state index < -0.39 is 0 Å². The lowest BCUT2D eigenvalue weighted by atomic mass is 10.2. The molecule has 0 saturated carbocycles. The van der Waals surface area contributed by atoms with Crippen molar-refractivity contribution in [1.82, 2.24) is 24.3 Å². The van der Waals surface area contributed by atoms with Crippen LogP contribution in [-0.4, -0.2) is 24.3 Å². The lowest BCUT2D eigenvalue weighted by Gasteiger charge is -2.04. The number of aromatic nitrogens is 5. The molecule has 0 fully saturated rings. The van der Waals surface area contributed by atoms with Gasteiger partial charge in [-0.2, -0.15) is 5.10 Å². The fourth-order valence-electron chi connectivity index (χ4n) is 1.88. The van der Waals surface area contributed by atoms with Crippen molar-refractivity contribution in [3.63, 3.8) is 0 Å². The average molecular weight is 228 g/mol. The van der Waals surface area contributed by atoms with Gasteiger partial charge in [-0.15, -0.1) is 0 Å². The Morgan fingerprint density at radius 1 is 1.29 bits per heavy atom. The highest BCUT2D eigenvalue weighted by atomic mass is 15.3. The molecule has 0 unspecified atom stereocenters. The van der Waals surface area contributed by atoms with Crippen LogP contribution in [0.4, 0.5) is 0 Å². The zero-order chi connectivity index (χ0) is 11.8. The van der Waals surface area contributed by atoms with Crippen molar-refractivity contribution in [2.75, 3.05) is 0 Å². The van der Waals surface area contributed by atoms with Crippen molar-refractivity contribution in [1.29, 1.82) is 0 Å². The highest BCUT2D eigenvalue weighted by Crippen LogP contribution is 2.16. The third-order valence-corrected chi connectivity index (χ3v) is 2.75. The fourth-order valence-corrected chi connectivity index (χ4v) is 1.88. The van der Waals surface area contributed by atoms with Gasteiger partial charge in [0.15, 0.2) is 0 Å². The molecular weight excluding hydrogens is 216 g/mol. The molecular formula is C11H12N6. The number of rotatable bonds is 2. The topological polar surface area (TPSA) is 74.5 Å². The summed E-state index contributed by atoms with van der Waals surface area (Å²) in [6.45, 7) is 0.361. The van der Waals surface area contributed by atoms with Crippen LogP contribution in [0, 0.1) is 0 Å². The largest absolute Gasteiger partial charge is 0.334 e. The maximum atomic E-state index is 5.61. The summed E-state index contributed by atoms with van der Waals surface area (Å²) in [6, 6.07) is 5.97. The smallest absolute Gasteiger partial charge is 0.145 e. The van der Waals surface area contributed by atoms with E-state index in [-0.39, 0.29) is 0 Å². The van der Waals surface area contributed by atoms with Gasteiger partial charge in [0.2, 0.25) is 0 Å². The van der Waals surface area contributed by atoms with Gasteiger partial charge in [0.25, 0.3) is 0 Å². The minimum absolute atomic E-state index is 0.361. The summed E-state index contributed by atoms with van der Waals surface area (Å²) in [5.41, 5.74) is 8.55. The molecule has 0 aliphatic rings. The second-order valence-corrected chi connectivity index (χ2v) is 3.82. The molecule has 86 valence electrons. The van der Waals surface area contributed by atoms with Gasteiger partial charge in [0.1, 0.15) is 12.2 Å². The van der Waals surface area contributed by atoms with E-state index in [9.17, 15) is 0 Å². The van der Waals surface area contributed by atoms with E-state index >= 15 is 0 Å². The van der Waals surface area contributed by atoms with Gasteiger partial charge in [-0.3, -0.25) is 0 Å². The van der Waals surface area contributed by atoms with Crippen LogP contribution < -0.4 is 5.73 Å². The molecule has 0 radical (unpaired) electrons. The lowest BCUT2D eigenvalue weighted by molar-refractivity contribution is 0.790. The fraction of sp³-hybridized carbons (Fsp3) is 0.182. The number of benzene rings is 1. The van der Waals surface area contributed by atoms with Gasteiger partial charge in [-0.1, -0.05) is 0 Å². The minimum atomic E-state index is 0.361. The molecule has 3 aromatic rings. The molecule has 0 amide bonds. The predicted octanol–water partition coefficient (Wildman–Crippen LogP) is 0.613. The zero-order valence-electron chi connectivity index (χ0n) is 9.41. The van der Waals surface area contributed by atoms with Crippen molar-refractivity contribution < 1.29 is 0 Å². The van der Waals surface area contributed by atoms with Crippen molar-refractivity contribution in [2.45, 2.75) is 6.54 Å². The molecule has 17 heavy (non-hydrogen) atoms. The first-order chi connectivity index (χ1) is 8.29. The van der Waals surface area contributed by atoms with Gasteiger partial charge in [-0.05, 0) is 18.2 Å². The third-order valence-electron chi connectivity index (χ3n) is 2.75. The lowest BCUT2D eigenvalue weighted by Crippen LogP contribution is -2.07. The highest BCUT2D eigenvalue weighted by molar-refractivity contribution is 5.77. The number of nitrogens with zero attached hydrogens (tertiary/aromatic N) is 5. The van der Waals surface area contributed by atoms with Crippen LogP contribution in [0.5, 0.6) is 0 Å². The molecule has 2 N–H and O–H groups in total. The monoisotopic (exact) mass is 228 g/mol. The Kier molecular flexibility index (Phi) is 2.15. The van der Waals surface area contributed by atoms with Crippen LogP contribution in [0.15, 0.2) is 30.9 Å². The van der Waals surface area contributed by atoms with Crippen LogP contribution >= 0.6 is 0 Å². The minimum Gasteiger partial charge on any atom is -0.334 e. The Balaban J connectivity index is 2.18. The molecule has 6 heteroatoms. The maximum absolute atomic E-state index is 5.61. The van der Waals surface area contributed by atoms with Crippen LogP contribution in [0.3, 0.4) is 0 Å². The molecule has 0 aliphatic heterocycles. The van der Waals surface area contributed by atoms with Crippen molar-refractivity contribution in [3.8, 4) is 5.69 Å². The standard InChI is InChI=1S/C11H12N6/c1-16-7-14-9-4-8(2-3-10(9)16)17-11(5-12)13-6-15-17/h2-4,6-7H,5,12H2,1H3. The van der Waals surface area contributed by atoms with E-state index in [1.54, 1.807) is 11.0 Å². The molecule has 0 aliphatic carbocycles. The summed E-state index contributed by atoms with van der Waals surface area (Å²) in [4.78, 5) is 8.41. The summed E-state index contributed by atoms with van der Waals surface area (Å²) < 4.78 is 3.71. The number of imidazole rings is 1. The molecule has 0 bridgehead atoms. The first-order valence-electron chi connectivity index (χ1n) is 5.30. The van der Waals surface area contributed by atoms with Crippen LogP contribution in [0.25, 0.3) is 16.7 Å². The van der Waals surface area contributed by atoms with Crippen LogP contribution in [0.1, 0.15) is 5.82 Å². The Hall–Kier alpha value is -2.21. The summed E-state index contributed by atoms with van der Waals surface area (Å²) in [5.74, 6) is 0.736. The Morgan fingerprint density at radius 3 is 3.00 bits per heavy atom. The molecule has 0 atom stereocenters. The molecule has 3 rings (SSSR count). The second kappa shape index (κ2) is 3.67. The summed E-state index contributed by atoms with van der Waals surface area (Å²) >= 11 is 0. The average Bonchev–Trinajstić information content (AvgIpc) is 2.96. The van der Waals surface area contributed by atoms with Crippen LogP contribution in [0.2, 0.25) is 0 Å². The normalized spacial score (nSPS) is 11.2.